The van der Waals surface area contributed by atoms with Crippen LogP contribution in [-0.2, 0) is 9.53 Å². The third-order valence-electron chi connectivity index (χ3n) is 3.76. The van der Waals surface area contributed by atoms with Gasteiger partial charge in [0.05, 0.1) is 0 Å². The fourth-order valence-corrected chi connectivity index (χ4v) is 2.37. The van der Waals surface area contributed by atoms with E-state index in [2.05, 4.69) is 13.8 Å². The van der Waals surface area contributed by atoms with Gasteiger partial charge in [0.2, 0.25) is 0 Å². The van der Waals surface area contributed by atoms with Crippen LogP contribution in [0.25, 0.3) is 0 Å². The smallest absolute Gasteiger partial charge is 0.133 e. The van der Waals surface area contributed by atoms with Crippen LogP contribution in [0.15, 0.2) is 0 Å². The lowest BCUT2D eigenvalue weighted by molar-refractivity contribution is -0.121. The van der Waals surface area contributed by atoms with Crippen molar-refractivity contribution in [2.75, 3.05) is 19.8 Å². The van der Waals surface area contributed by atoms with Crippen LogP contribution in [0.1, 0.15) is 52.4 Å². The van der Waals surface area contributed by atoms with Crippen LogP contribution in [0.4, 0.5) is 0 Å². The van der Waals surface area contributed by atoms with Crippen molar-refractivity contribution in [3.8, 4) is 0 Å². The van der Waals surface area contributed by atoms with Crippen LogP contribution < -0.4 is 5.73 Å². The molecule has 0 atom stereocenters. The Morgan fingerprint density at radius 1 is 1.29 bits per heavy atom. The lowest BCUT2D eigenvalue weighted by Crippen LogP contribution is -2.21. The zero-order chi connectivity index (χ0) is 12.7. The topological polar surface area (TPSA) is 52.3 Å². The summed E-state index contributed by atoms with van der Waals surface area (Å²) < 4.78 is 5.30. The van der Waals surface area contributed by atoms with E-state index in [1.54, 1.807) is 0 Å². The van der Waals surface area contributed by atoms with E-state index in [0.717, 1.165) is 45.3 Å². The van der Waals surface area contributed by atoms with Gasteiger partial charge >= 0.3 is 0 Å². The maximum absolute atomic E-state index is 11.9. The van der Waals surface area contributed by atoms with E-state index in [-0.39, 0.29) is 5.41 Å². The van der Waals surface area contributed by atoms with Gasteiger partial charge in [-0.1, -0.05) is 13.8 Å². The quantitative estimate of drug-likeness (QED) is 0.745. The number of ether oxygens (including phenoxy) is 1. The predicted molar refractivity (Wildman–Crippen MR) is 69.9 cm³/mol. The van der Waals surface area contributed by atoms with Gasteiger partial charge in [0, 0.05) is 26.1 Å². The van der Waals surface area contributed by atoms with E-state index in [0.29, 0.717) is 24.7 Å². The van der Waals surface area contributed by atoms with Crippen molar-refractivity contribution in [3.05, 3.63) is 0 Å². The third-order valence-corrected chi connectivity index (χ3v) is 3.76. The Morgan fingerprint density at radius 3 is 2.53 bits per heavy atom. The minimum absolute atomic E-state index is 0.208. The monoisotopic (exact) mass is 241 g/mol. The first kappa shape index (κ1) is 14.7. The molecule has 0 aromatic rings. The number of rotatable bonds is 7. The highest BCUT2D eigenvalue weighted by Crippen LogP contribution is 2.27. The van der Waals surface area contributed by atoms with Gasteiger partial charge in [-0.15, -0.1) is 0 Å². The Kier molecular flexibility index (Phi) is 6.14. The van der Waals surface area contributed by atoms with Crippen molar-refractivity contribution in [2.45, 2.75) is 52.4 Å². The molecule has 100 valence electrons. The van der Waals surface area contributed by atoms with Crippen LogP contribution in [0.5, 0.6) is 0 Å². The first-order chi connectivity index (χ1) is 8.03. The molecule has 3 nitrogen and oxygen atoms in total. The van der Waals surface area contributed by atoms with E-state index in [9.17, 15) is 4.79 Å². The lowest BCUT2D eigenvalue weighted by atomic mass is 9.82. The Hall–Kier alpha value is -0.410. The summed E-state index contributed by atoms with van der Waals surface area (Å²) in [7, 11) is 0. The maximum Gasteiger partial charge on any atom is 0.133 e. The molecule has 2 N–H and O–H groups in total. The minimum Gasteiger partial charge on any atom is -0.381 e. The number of carbonyl (C=O) groups excluding carboxylic acids is 1. The highest BCUT2D eigenvalue weighted by atomic mass is 16.5. The van der Waals surface area contributed by atoms with Gasteiger partial charge in [-0.05, 0) is 43.6 Å². The normalized spacial score (nSPS) is 18.3. The van der Waals surface area contributed by atoms with Crippen LogP contribution >= 0.6 is 0 Å². The first-order valence-corrected chi connectivity index (χ1v) is 6.83. The van der Waals surface area contributed by atoms with Gasteiger partial charge < -0.3 is 10.5 Å². The first-order valence-electron chi connectivity index (χ1n) is 6.83. The number of Topliss-reactive ketones (excluding diaryl/α,β-unsaturated/α-hetero) is 1. The van der Waals surface area contributed by atoms with Crippen LogP contribution in [0.2, 0.25) is 0 Å². The highest BCUT2D eigenvalue weighted by Gasteiger charge is 2.21. The summed E-state index contributed by atoms with van der Waals surface area (Å²) >= 11 is 0. The molecule has 1 rings (SSSR count). The molecular formula is C14H27NO2. The van der Waals surface area contributed by atoms with E-state index in [1.165, 1.54) is 0 Å². The van der Waals surface area contributed by atoms with Crippen LogP contribution in [0.3, 0.4) is 0 Å². The molecule has 0 saturated carbocycles. The second-order valence-electron chi connectivity index (χ2n) is 6.00. The Balaban J connectivity index is 2.20. The molecule has 17 heavy (non-hydrogen) atoms. The average Bonchev–Trinajstić information content (AvgIpc) is 2.28. The average molecular weight is 241 g/mol. The Bertz CT molecular complexity index is 232. The van der Waals surface area contributed by atoms with Gasteiger partial charge in [0.15, 0.2) is 0 Å². The minimum atomic E-state index is 0.208. The molecule has 0 spiro atoms. The highest BCUT2D eigenvalue weighted by molar-refractivity contribution is 5.78. The molecule has 0 amide bonds. The lowest BCUT2D eigenvalue weighted by Gasteiger charge is -2.24. The molecule has 1 saturated heterocycles. The zero-order valence-corrected chi connectivity index (χ0v) is 11.3. The standard InChI is InChI=1S/C14H27NO2/c1-14(2,7-8-15)6-3-13(16)11-12-4-9-17-10-5-12/h12H,3-11,15H2,1-2H3. The number of carbonyl (C=O) groups is 1. The molecule has 0 aliphatic carbocycles. The van der Waals surface area contributed by atoms with Gasteiger partial charge in [-0.2, -0.15) is 0 Å². The van der Waals surface area contributed by atoms with Crippen molar-refractivity contribution < 1.29 is 9.53 Å². The Morgan fingerprint density at radius 2 is 1.94 bits per heavy atom. The van der Waals surface area contributed by atoms with E-state index in [1.807, 2.05) is 0 Å². The summed E-state index contributed by atoms with van der Waals surface area (Å²) in [4.78, 5) is 11.9. The summed E-state index contributed by atoms with van der Waals surface area (Å²) in [5, 5.41) is 0. The fourth-order valence-electron chi connectivity index (χ4n) is 2.37. The zero-order valence-electron chi connectivity index (χ0n) is 11.3. The van der Waals surface area contributed by atoms with E-state index in [4.69, 9.17) is 10.5 Å². The van der Waals surface area contributed by atoms with E-state index < -0.39 is 0 Å². The predicted octanol–water partition coefficient (Wildman–Crippen LogP) is 2.53. The third kappa shape index (κ3) is 6.18. The summed E-state index contributed by atoms with van der Waals surface area (Å²) in [5.74, 6) is 0.982. The fraction of sp³-hybridized carbons (Fsp3) is 0.929. The summed E-state index contributed by atoms with van der Waals surface area (Å²) in [5.41, 5.74) is 5.78. The van der Waals surface area contributed by atoms with Crippen LogP contribution in [0, 0.1) is 11.3 Å². The summed E-state index contributed by atoms with van der Waals surface area (Å²) in [6.45, 7) is 6.76. The molecule has 0 aromatic carbocycles. The molecule has 0 aromatic heterocycles. The van der Waals surface area contributed by atoms with E-state index >= 15 is 0 Å². The SMILES string of the molecule is CC(C)(CCN)CCC(=O)CC1CCOCC1. The summed E-state index contributed by atoms with van der Waals surface area (Å²) in [6, 6.07) is 0. The number of hydrogen-bond acceptors (Lipinski definition) is 3. The molecular weight excluding hydrogens is 214 g/mol. The largest absolute Gasteiger partial charge is 0.381 e. The molecule has 1 fully saturated rings. The molecule has 1 aliphatic heterocycles. The van der Waals surface area contributed by atoms with Gasteiger partial charge in [0.1, 0.15) is 5.78 Å². The number of ketones is 1. The summed E-state index contributed by atoms with van der Waals surface area (Å²) in [6.07, 6.45) is 5.53. The van der Waals surface area contributed by atoms with Crippen molar-refractivity contribution in [2.24, 2.45) is 17.1 Å². The van der Waals surface area contributed by atoms with Crippen molar-refractivity contribution in [3.63, 3.8) is 0 Å². The molecule has 3 heteroatoms. The molecule has 1 aliphatic rings. The van der Waals surface area contributed by atoms with Crippen molar-refractivity contribution >= 4 is 5.78 Å². The van der Waals surface area contributed by atoms with Crippen LogP contribution in [-0.4, -0.2) is 25.5 Å². The maximum atomic E-state index is 11.9. The van der Waals surface area contributed by atoms with Gasteiger partial charge in [-0.25, -0.2) is 0 Å². The molecule has 0 bridgehead atoms. The second-order valence-corrected chi connectivity index (χ2v) is 6.00. The molecule has 0 unspecified atom stereocenters. The number of nitrogens with two attached hydrogens (primary N) is 1. The molecule has 0 radical (unpaired) electrons. The van der Waals surface area contributed by atoms with Gasteiger partial charge in [-0.3, -0.25) is 4.79 Å². The second kappa shape index (κ2) is 7.12. The number of hydrogen-bond donors (Lipinski definition) is 1. The molecule has 1 heterocycles. The Labute approximate surface area is 105 Å². The van der Waals surface area contributed by atoms with Crippen molar-refractivity contribution in [1.82, 2.24) is 0 Å². The van der Waals surface area contributed by atoms with Crippen molar-refractivity contribution in [1.29, 1.82) is 0 Å². The van der Waals surface area contributed by atoms with Gasteiger partial charge in [0.25, 0.3) is 0 Å².